The maximum atomic E-state index is 13.1. The molecule has 3 aromatic heterocycles. The highest BCUT2D eigenvalue weighted by Crippen LogP contribution is 2.39. The number of rotatable bonds is 6. The molecule has 1 aliphatic carbocycles. The summed E-state index contributed by atoms with van der Waals surface area (Å²) in [6.07, 6.45) is 5.90. The molecule has 8 nitrogen and oxygen atoms in total. The molecule has 3 aromatic rings. The van der Waals surface area contributed by atoms with Crippen molar-refractivity contribution in [3.63, 3.8) is 0 Å². The number of thioether (sulfide) groups is 1. The highest BCUT2D eigenvalue weighted by atomic mass is 32.2. The van der Waals surface area contributed by atoms with E-state index in [1.165, 1.54) is 46.6 Å². The van der Waals surface area contributed by atoms with Gasteiger partial charge in [0, 0.05) is 23.9 Å². The predicted molar refractivity (Wildman–Crippen MR) is 124 cm³/mol. The van der Waals surface area contributed by atoms with Gasteiger partial charge in [0.25, 0.3) is 5.56 Å². The Morgan fingerprint density at radius 1 is 1.26 bits per heavy atom. The summed E-state index contributed by atoms with van der Waals surface area (Å²) >= 11 is 2.99. The molecule has 3 heterocycles. The number of carbonyl (C=O) groups is 1. The lowest BCUT2D eigenvalue weighted by Crippen LogP contribution is -2.43. The molecule has 0 spiro atoms. The first-order valence-electron chi connectivity index (χ1n) is 10.3. The number of carbonyl (C=O) groups excluding carboxylic acids is 1. The average Bonchev–Trinajstić information content (AvgIpc) is 3.13. The fourth-order valence-corrected chi connectivity index (χ4v) is 6.16. The standard InChI is InChI=1S/C21H25N5O3S2/c1-11(2)8-26-17(22)16(20(28)25(3)21(26)29)13(27)9-30-18-15-12-6-4-5-7-14(12)31-19(15)24-10-23-18/h10-11H,4-9,22H2,1-3H3. The summed E-state index contributed by atoms with van der Waals surface area (Å²) in [6, 6.07) is 0. The Kier molecular flexibility index (Phi) is 6.02. The molecule has 4 rings (SSSR count). The van der Waals surface area contributed by atoms with E-state index in [2.05, 4.69) is 9.97 Å². The summed E-state index contributed by atoms with van der Waals surface area (Å²) in [5, 5.41) is 1.79. The molecule has 0 saturated carbocycles. The van der Waals surface area contributed by atoms with E-state index in [1.807, 2.05) is 13.8 Å². The lowest BCUT2D eigenvalue weighted by atomic mass is 9.97. The Balaban J connectivity index is 1.68. The number of Topliss-reactive ketones (excluding diaryl/α,β-unsaturated/α-hetero) is 1. The molecule has 0 bridgehead atoms. The summed E-state index contributed by atoms with van der Waals surface area (Å²) in [7, 11) is 1.37. The number of nitrogens with two attached hydrogens (primary N) is 1. The molecular formula is C21H25N5O3S2. The topological polar surface area (TPSA) is 113 Å². The second-order valence-corrected chi connectivity index (χ2v) is 10.2. The minimum Gasteiger partial charge on any atom is -0.384 e. The van der Waals surface area contributed by atoms with Crippen LogP contribution in [0, 0.1) is 5.92 Å². The van der Waals surface area contributed by atoms with Crippen LogP contribution in [-0.2, 0) is 26.4 Å². The third-order valence-corrected chi connectivity index (χ3v) is 7.66. The van der Waals surface area contributed by atoms with Gasteiger partial charge in [-0.2, -0.15) is 0 Å². The van der Waals surface area contributed by atoms with Gasteiger partial charge in [-0.15, -0.1) is 11.3 Å². The van der Waals surface area contributed by atoms with Crippen molar-refractivity contribution >= 4 is 44.9 Å². The fraction of sp³-hybridized carbons (Fsp3) is 0.476. The minimum atomic E-state index is -0.658. The van der Waals surface area contributed by atoms with Crippen molar-refractivity contribution in [2.45, 2.75) is 51.1 Å². The van der Waals surface area contributed by atoms with Crippen molar-refractivity contribution < 1.29 is 4.79 Å². The van der Waals surface area contributed by atoms with Crippen LogP contribution < -0.4 is 17.0 Å². The summed E-state index contributed by atoms with van der Waals surface area (Å²) < 4.78 is 2.26. The number of aryl methyl sites for hydroxylation is 2. The zero-order valence-corrected chi connectivity index (χ0v) is 19.4. The van der Waals surface area contributed by atoms with Crippen molar-refractivity contribution in [1.82, 2.24) is 19.1 Å². The second kappa shape index (κ2) is 8.58. The van der Waals surface area contributed by atoms with Gasteiger partial charge in [-0.3, -0.25) is 18.7 Å². The number of ketones is 1. The van der Waals surface area contributed by atoms with Gasteiger partial charge < -0.3 is 5.73 Å². The number of nitrogen functional groups attached to an aromatic ring is 1. The van der Waals surface area contributed by atoms with E-state index in [9.17, 15) is 14.4 Å². The Morgan fingerprint density at radius 2 is 2.00 bits per heavy atom. The quantitative estimate of drug-likeness (QED) is 0.342. The SMILES string of the molecule is CC(C)Cn1c(N)c(C(=O)CSc2ncnc3sc4c(c23)CCCC4)c(=O)n(C)c1=O. The Labute approximate surface area is 187 Å². The van der Waals surface area contributed by atoms with Crippen molar-refractivity contribution in [2.75, 3.05) is 11.5 Å². The molecule has 0 fully saturated rings. The summed E-state index contributed by atoms with van der Waals surface area (Å²) in [5.74, 6) is -0.325. The van der Waals surface area contributed by atoms with E-state index >= 15 is 0 Å². The molecule has 0 amide bonds. The molecule has 10 heteroatoms. The monoisotopic (exact) mass is 459 g/mol. The number of fused-ring (bicyclic) bond motifs is 3. The summed E-state index contributed by atoms with van der Waals surface area (Å²) in [6.45, 7) is 4.21. The molecule has 0 aromatic carbocycles. The average molecular weight is 460 g/mol. The van der Waals surface area contributed by atoms with Crippen LogP contribution in [0.1, 0.15) is 47.5 Å². The second-order valence-electron chi connectivity index (χ2n) is 8.19. The van der Waals surface area contributed by atoms with Gasteiger partial charge in [-0.1, -0.05) is 25.6 Å². The van der Waals surface area contributed by atoms with Gasteiger partial charge in [-0.05, 0) is 37.2 Å². The first-order chi connectivity index (χ1) is 14.8. The molecule has 164 valence electrons. The Hall–Kier alpha value is -2.46. The smallest absolute Gasteiger partial charge is 0.332 e. The fourth-order valence-electron chi connectivity index (χ4n) is 3.96. The Morgan fingerprint density at radius 3 is 2.74 bits per heavy atom. The largest absolute Gasteiger partial charge is 0.384 e. The van der Waals surface area contributed by atoms with Crippen molar-refractivity contribution in [3.8, 4) is 0 Å². The van der Waals surface area contributed by atoms with E-state index in [4.69, 9.17) is 5.73 Å². The molecule has 2 N–H and O–H groups in total. The predicted octanol–water partition coefficient (Wildman–Crippen LogP) is 2.64. The molecule has 31 heavy (non-hydrogen) atoms. The van der Waals surface area contributed by atoms with Gasteiger partial charge in [0.1, 0.15) is 27.6 Å². The first kappa shape index (κ1) is 21.8. The number of anilines is 1. The maximum Gasteiger partial charge on any atom is 0.332 e. The minimum absolute atomic E-state index is 0.00998. The number of nitrogens with zero attached hydrogens (tertiary/aromatic N) is 4. The lowest BCUT2D eigenvalue weighted by Gasteiger charge is -2.16. The van der Waals surface area contributed by atoms with Crippen LogP contribution in [0.25, 0.3) is 10.2 Å². The molecule has 0 aliphatic heterocycles. The summed E-state index contributed by atoms with van der Waals surface area (Å²) in [5.41, 5.74) is 6.13. The highest BCUT2D eigenvalue weighted by Gasteiger charge is 2.24. The summed E-state index contributed by atoms with van der Waals surface area (Å²) in [4.78, 5) is 49.3. The van der Waals surface area contributed by atoms with Crippen LogP contribution in [0.3, 0.4) is 0 Å². The molecule has 0 atom stereocenters. The molecule has 0 saturated heterocycles. The van der Waals surface area contributed by atoms with Gasteiger partial charge >= 0.3 is 5.69 Å². The van der Waals surface area contributed by atoms with Gasteiger partial charge in [0.15, 0.2) is 5.78 Å². The van der Waals surface area contributed by atoms with Gasteiger partial charge in [0.2, 0.25) is 0 Å². The maximum absolute atomic E-state index is 13.1. The van der Waals surface area contributed by atoms with Crippen LogP contribution in [-0.4, -0.2) is 30.6 Å². The molecule has 0 unspecified atom stereocenters. The zero-order valence-electron chi connectivity index (χ0n) is 17.8. The molecule has 1 aliphatic rings. The lowest BCUT2D eigenvalue weighted by molar-refractivity contribution is 0.102. The van der Waals surface area contributed by atoms with Crippen LogP contribution >= 0.6 is 23.1 Å². The zero-order chi connectivity index (χ0) is 22.3. The number of thiophene rings is 1. The third-order valence-electron chi connectivity index (χ3n) is 5.47. The van der Waals surface area contributed by atoms with Gasteiger partial charge in [-0.25, -0.2) is 14.8 Å². The van der Waals surface area contributed by atoms with E-state index in [0.717, 1.165) is 39.1 Å². The van der Waals surface area contributed by atoms with E-state index in [-0.39, 0.29) is 23.1 Å². The van der Waals surface area contributed by atoms with E-state index in [0.29, 0.717) is 6.54 Å². The first-order valence-corrected chi connectivity index (χ1v) is 12.1. The Bertz CT molecular complexity index is 1290. The van der Waals surface area contributed by atoms with E-state index < -0.39 is 17.0 Å². The van der Waals surface area contributed by atoms with Crippen molar-refractivity contribution in [1.29, 1.82) is 0 Å². The van der Waals surface area contributed by atoms with Crippen LogP contribution in [0.4, 0.5) is 5.82 Å². The van der Waals surface area contributed by atoms with Gasteiger partial charge in [0.05, 0.1) is 5.75 Å². The number of hydrogen-bond acceptors (Lipinski definition) is 8. The van der Waals surface area contributed by atoms with Crippen molar-refractivity contribution in [3.05, 3.63) is 43.2 Å². The van der Waals surface area contributed by atoms with Crippen molar-refractivity contribution in [2.24, 2.45) is 13.0 Å². The number of aromatic nitrogens is 4. The normalized spacial score (nSPS) is 13.7. The third kappa shape index (κ3) is 3.94. The molecule has 0 radical (unpaired) electrons. The van der Waals surface area contributed by atoms with E-state index in [1.54, 1.807) is 11.3 Å². The molecular weight excluding hydrogens is 434 g/mol. The number of hydrogen-bond donors (Lipinski definition) is 1. The van der Waals surface area contributed by atoms with Crippen LogP contribution in [0.2, 0.25) is 0 Å². The van der Waals surface area contributed by atoms with Crippen LogP contribution in [0.5, 0.6) is 0 Å². The van der Waals surface area contributed by atoms with Crippen LogP contribution in [0.15, 0.2) is 20.9 Å². The highest BCUT2D eigenvalue weighted by molar-refractivity contribution is 8.00.